The minimum Gasteiger partial charge on any atom is -0.493 e. The van der Waals surface area contributed by atoms with Crippen LogP contribution in [0.2, 0.25) is 0 Å². The maximum atomic E-state index is 13.7. The molecule has 1 unspecified atom stereocenters. The molecule has 2 aliphatic rings. The first-order valence-electron chi connectivity index (χ1n) is 11.2. The van der Waals surface area contributed by atoms with E-state index in [0.29, 0.717) is 39.2 Å². The number of nitrogens with zero attached hydrogens (tertiary/aromatic N) is 2. The maximum Gasteiger partial charge on any atom is 0.271 e. The number of fused-ring (bicyclic) bond motifs is 1. The Bertz CT molecular complexity index is 1500. The van der Waals surface area contributed by atoms with E-state index < -0.39 is 6.04 Å². The number of hydrogen-bond donors (Lipinski definition) is 0. The van der Waals surface area contributed by atoms with Crippen molar-refractivity contribution in [2.45, 2.75) is 32.7 Å². The van der Waals surface area contributed by atoms with Crippen molar-refractivity contribution < 1.29 is 14.3 Å². The third kappa shape index (κ3) is 3.80. The second-order valence-electron chi connectivity index (χ2n) is 9.41. The summed E-state index contributed by atoms with van der Waals surface area (Å²) in [6.45, 7) is 4.18. The predicted octanol–water partition coefficient (Wildman–Crippen LogP) is 3.62. The van der Waals surface area contributed by atoms with Gasteiger partial charge in [0, 0.05) is 12.0 Å². The number of carbonyl (C=O) groups excluding carboxylic acids is 1. The van der Waals surface area contributed by atoms with Crippen LogP contribution in [0.3, 0.4) is 0 Å². The summed E-state index contributed by atoms with van der Waals surface area (Å²) in [5.74, 6) is 1.28. The standard InChI is InChI=1S/C27H26N2O4S/c1-27(2)14-18-23(19(30)15-27)24(17-8-6-5-7-9-17)29-25(31)22(34-26(29)28-18)13-16-10-11-20(32-3)21(12-16)33-4/h5-13,24H,14-15H2,1-4H3. The Hall–Kier alpha value is -3.45. The highest BCUT2D eigenvalue weighted by atomic mass is 32.1. The molecule has 34 heavy (non-hydrogen) atoms. The van der Waals surface area contributed by atoms with Crippen LogP contribution in [0.15, 0.2) is 69.6 Å². The Morgan fingerprint density at radius 1 is 1.03 bits per heavy atom. The van der Waals surface area contributed by atoms with Crippen molar-refractivity contribution >= 4 is 23.2 Å². The normalized spacial score (nSPS) is 19.4. The van der Waals surface area contributed by atoms with Gasteiger partial charge in [-0.25, -0.2) is 4.99 Å². The van der Waals surface area contributed by atoms with Gasteiger partial charge in [-0.2, -0.15) is 0 Å². The van der Waals surface area contributed by atoms with E-state index in [-0.39, 0.29) is 16.8 Å². The smallest absolute Gasteiger partial charge is 0.271 e. The minimum absolute atomic E-state index is 0.0676. The summed E-state index contributed by atoms with van der Waals surface area (Å²) >= 11 is 1.35. The van der Waals surface area contributed by atoms with Gasteiger partial charge in [0.15, 0.2) is 22.1 Å². The lowest BCUT2D eigenvalue weighted by molar-refractivity contribution is -0.118. The number of ether oxygens (including phenoxy) is 2. The van der Waals surface area contributed by atoms with E-state index in [2.05, 4.69) is 13.8 Å². The fraction of sp³-hybridized carbons (Fsp3) is 0.296. The van der Waals surface area contributed by atoms with Crippen molar-refractivity contribution in [1.29, 1.82) is 0 Å². The number of carbonyl (C=O) groups is 1. The number of ketones is 1. The Balaban J connectivity index is 1.73. The topological polar surface area (TPSA) is 69.9 Å². The largest absolute Gasteiger partial charge is 0.493 e. The van der Waals surface area contributed by atoms with Gasteiger partial charge in [-0.15, -0.1) is 0 Å². The van der Waals surface area contributed by atoms with Gasteiger partial charge < -0.3 is 9.47 Å². The zero-order valence-electron chi connectivity index (χ0n) is 19.6. The highest BCUT2D eigenvalue weighted by Crippen LogP contribution is 2.43. The van der Waals surface area contributed by atoms with E-state index in [0.717, 1.165) is 16.8 Å². The Kier molecular flexibility index (Phi) is 5.52. The maximum absolute atomic E-state index is 13.7. The van der Waals surface area contributed by atoms with E-state index in [1.807, 2.05) is 54.6 Å². The molecule has 174 valence electrons. The van der Waals surface area contributed by atoms with E-state index in [4.69, 9.17) is 14.5 Å². The molecule has 0 saturated heterocycles. The Labute approximate surface area is 201 Å². The number of aromatic nitrogens is 1. The molecule has 2 aromatic carbocycles. The molecule has 0 radical (unpaired) electrons. The Morgan fingerprint density at radius 2 is 1.76 bits per heavy atom. The summed E-state index contributed by atoms with van der Waals surface area (Å²) in [5, 5.41) is 0. The van der Waals surface area contributed by atoms with Crippen LogP contribution < -0.4 is 24.4 Å². The lowest BCUT2D eigenvalue weighted by Crippen LogP contribution is -2.42. The summed E-state index contributed by atoms with van der Waals surface area (Å²) in [4.78, 5) is 32.5. The second kappa shape index (κ2) is 8.40. The molecule has 1 aromatic heterocycles. The number of allylic oxidation sites excluding steroid dienone is 2. The van der Waals surface area contributed by atoms with Gasteiger partial charge in [0.1, 0.15) is 0 Å². The van der Waals surface area contributed by atoms with Crippen molar-refractivity contribution in [1.82, 2.24) is 4.57 Å². The molecule has 6 nitrogen and oxygen atoms in total. The van der Waals surface area contributed by atoms with E-state index >= 15 is 0 Å². The number of thiazole rings is 1. The minimum atomic E-state index is -0.469. The van der Waals surface area contributed by atoms with Crippen molar-refractivity contribution in [3.8, 4) is 11.5 Å². The van der Waals surface area contributed by atoms with Gasteiger partial charge in [-0.1, -0.05) is 61.6 Å². The van der Waals surface area contributed by atoms with Gasteiger partial charge in [-0.3, -0.25) is 14.2 Å². The van der Waals surface area contributed by atoms with Crippen LogP contribution in [-0.2, 0) is 4.79 Å². The molecule has 0 bridgehead atoms. The SMILES string of the molecule is COc1ccc(C=c2sc3n(c2=O)C(c2ccccc2)C2=C(CC(C)(C)CC2=O)N=3)cc1OC. The quantitative estimate of drug-likeness (QED) is 0.579. The van der Waals surface area contributed by atoms with Gasteiger partial charge in [0.2, 0.25) is 0 Å². The lowest BCUT2D eigenvalue weighted by atomic mass is 9.73. The number of methoxy groups -OCH3 is 2. The predicted molar refractivity (Wildman–Crippen MR) is 132 cm³/mol. The van der Waals surface area contributed by atoms with Crippen LogP contribution in [0.1, 0.15) is 43.9 Å². The van der Waals surface area contributed by atoms with Gasteiger partial charge in [0.05, 0.1) is 30.5 Å². The number of hydrogen-bond acceptors (Lipinski definition) is 6. The molecule has 5 rings (SSSR count). The third-order valence-corrected chi connectivity index (χ3v) is 7.30. The zero-order valence-corrected chi connectivity index (χ0v) is 20.4. The molecule has 0 amide bonds. The summed E-state index contributed by atoms with van der Waals surface area (Å²) in [6.07, 6.45) is 2.99. The van der Waals surface area contributed by atoms with E-state index in [1.54, 1.807) is 18.8 Å². The van der Waals surface area contributed by atoms with Crippen molar-refractivity contribution in [3.63, 3.8) is 0 Å². The average Bonchev–Trinajstić information content (AvgIpc) is 3.11. The number of Topliss-reactive ketones (excluding diaryl/α,β-unsaturated/α-hetero) is 1. The van der Waals surface area contributed by atoms with Crippen LogP contribution in [0.25, 0.3) is 6.08 Å². The fourth-order valence-corrected chi connectivity index (χ4v) is 5.81. The first kappa shape index (κ1) is 22.3. The third-order valence-electron chi connectivity index (χ3n) is 6.32. The highest BCUT2D eigenvalue weighted by Gasteiger charge is 2.40. The zero-order chi connectivity index (χ0) is 24.0. The molecule has 0 spiro atoms. The van der Waals surface area contributed by atoms with Crippen molar-refractivity contribution in [3.05, 3.63) is 90.6 Å². The Morgan fingerprint density at radius 3 is 2.47 bits per heavy atom. The molecule has 0 saturated carbocycles. The molecule has 0 fully saturated rings. The molecule has 1 aliphatic carbocycles. The van der Waals surface area contributed by atoms with Gasteiger partial charge in [-0.05, 0) is 41.2 Å². The molecule has 3 aromatic rings. The molecule has 7 heteroatoms. The monoisotopic (exact) mass is 474 g/mol. The molecule has 2 heterocycles. The molecular weight excluding hydrogens is 448 g/mol. The molecule has 1 atom stereocenters. The summed E-state index contributed by atoms with van der Waals surface area (Å²) in [5.41, 5.74) is 2.87. The fourth-order valence-electron chi connectivity index (χ4n) is 4.79. The molecule has 1 aliphatic heterocycles. The van der Waals surface area contributed by atoms with Gasteiger partial charge >= 0.3 is 0 Å². The highest BCUT2D eigenvalue weighted by molar-refractivity contribution is 7.07. The molecular formula is C27H26N2O4S. The first-order chi connectivity index (χ1) is 16.3. The van der Waals surface area contributed by atoms with Crippen LogP contribution in [0, 0.1) is 5.41 Å². The van der Waals surface area contributed by atoms with Crippen molar-refractivity contribution in [2.24, 2.45) is 10.4 Å². The van der Waals surface area contributed by atoms with Gasteiger partial charge in [0.25, 0.3) is 5.56 Å². The first-order valence-corrected chi connectivity index (χ1v) is 12.0. The van der Waals surface area contributed by atoms with E-state index in [1.165, 1.54) is 11.3 Å². The van der Waals surface area contributed by atoms with Crippen LogP contribution in [0.5, 0.6) is 11.5 Å². The summed E-state index contributed by atoms with van der Waals surface area (Å²) < 4.78 is 13.0. The summed E-state index contributed by atoms with van der Waals surface area (Å²) in [7, 11) is 3.17. The van der Waals surface area contributed by atoms with Crippen LogP contribution in [-0.4, -0.2) is 24.6 Å². The lowest BCUT2D eigenvalue weighted by Gasteiger charge is -2.35. The second-order valence-corrected chi connectivity index (χ2v) is 10.4. The molecule has 0 N–H and O–H groups in total. The average molecular weight is 475 g/mol. The number of benzene rings is 2. The van der Waals surface area contributed by atoms with Crippen LogP contribution in [0.4, 0.5) is 0 Å². The van der Waals surface area contributed by atoms with E-state index in [9.17, 15) is 9.59 Å². The van der Waals surface area contributed by atoms with Crippen LogP contribution >= 0.6 is 11.3 Å². The summed E-state index contributed by atoms with van der Waals surface area (Å²) in [6, 6.07) is 14.8. The number of rotatable bonds is 4. The van der Waals surface area contributed by atoms with Crippen molar-refractivity contribution in [2.75, 3.05) is 14.2 Å².